The van der Waals surface area contributed by atoms with Gasteiger partial charge in [-0.05, 0) is 19.1 Å². The van der Waals surface area contributed by atoms with Crippen molar-refractivity contribution in [1.29, 1.82) is 0 Å². The molecule has 0 aliphatic rings. The maximum absolute atomic E-state index is 11.1. The number of nitrogens with zero attached hydrogens (tertiary/aromatic N) is 1. The van der Waals surface area contributed by atoms with Crippen LogP contribution in [-0.4, -0.2) is 38.4 Å². The van der Waals surface area contributed by atoms with Crippen molar-refractivity contribution in [2.24, 2.45) is 5.92 Å². The van der Waals surface area contributed by atoms with Crippen molar-refractivity contribution in [3.8, 4) is 11.5 Å². The number of methoxy groups -OCH3 is 2. The second kappa shape index (κ2) is 7.57. The summed E-state index contributed by atoms with van der Waals surface area (Å²) in [6.07, 6.45) is 0. The Kier molecular flexibility index (Phi) is 6.09. The maximum Gasteiger partial charge on any atom is 0.308 e. The first-order valence-electron chi connectivity index (χ1n) is 6.73. The second-order valence-corrected chi connectivity index (χ2v) is 5.11. The van der Waals surface area contributed by atoms with Gasteiger partial charge in [0.25, 0.3) is 0 Å². The van der Waals surface area contributed by atoms with E-state index in [9.17, 15) is 4.79 Å². The number of carboxylic acids is 1. The highest BCUT2D eigenvalue weighted by molar-refractivity contribution is 5.71. The van der Waals surface area contributed by atoms with Crippen molar-refractivity contribution < 1.29 is 19.4 Å². The normalized spacial score (nSPS) is 11.6. The van der Waals surface area contributed by atoms with Crippen LogP contribution in [0.1, 0.15) is 13.8 Å². The molecule has 116 valence electrons. The summed E-state index contributed by atoms with van der Waals surface area (Å²) in [6.45, 7) is 8.42. The number of ether oxygens (including phenoxy) is 2. The molecule has 0 aliphatic heterocycles. The highest BCUT2D eigenvalue weighted by atomic mass is 16.5. The molecular weight excluding hydrogens is 270 g/mol. The van der Waals surface area contributed by atoms with Gasteiger partial charge in [0.1, 0.15) is 11.5 Å². The number of carboxylic acid groups (broad SMARTS) is 1. The minimum atomic E-state index is -0.830. The first-order valence-corrected chi connectivity index (χ1v) is 6.73. The van der Waals surface area contributed by atoms with E-state index >= 15 is 0 Å². The van der Waals surface area contributed by atoms with Crippen molar-refractivity contribution in [2.45, 2.75) is 13.8 Å². The van der Waals surface area contributed by atoms with E-state index < -0.39 is 11.9 Å². The Bertz CT molecular complexity index is 513. The Morgan fingerprint density at radius 1 is 1.38 bits per heavy atom. The summed E-state index contributed by atoms with van der Waals surface area (Å²) in [7, 11) is 3.18. The number of aliphatic carboxylic acids is 1. The van der Waals surface area contributed by atoms with Gasteiger partial charge in [-0.1, -0.05) is 19.1 Å². The highest BCUT2D eigenvalue weighted by Crippen LogP contribution is 2.33. The van der Waals surface area contributed by atoms with E-state index in [1.807, 2.05) is 30.0 Å². The molecular formula is C16H23NO4. The third kappa shape index (κ3) is 4.70. The number of hydrogen-bond acceptors (Lipinski definition) is 4. The van der Waals surface area contributed by atoms with E-state index in [-0.39, 0.29) is 0 Å². The molecule has 0 radical (unpaired) electrons. The van der Waals surface area contributed by atoms with E-state index in [0.717, 1.165) is 11.3 Å². The number of rotatable bonds is 8. The Labute approximate surface area is 125 Å². The van der Waals surface area contributed by atoms with Gasteiger partial charge < -0.3 is 19.5 Å². The molecule has 0 aromatic heterocycles. The fourth-order valence-electron chi connectivity index (χ4n) is 2.03. The summed E-state index contributed by atoms with van der Waals surface area (Å²) in [4.78, 5) is 13.1. The van der Waals surface area contributed by atoms with Crippen LogP contribution in [0.2, 0.25) is 0 Å². The van der Waals surface area contributed by atoms with E-state index in [1.165, 1.54) is 0 Å². The van der Waals surface area contributed by atoms with Crippen molar-refractivity contribution in [3.63, 3.8) is 0 Å². The van der Waals surface area contributed by atoms with Crippen LogP contribution in [0.25, 0.3) is 0 Å². The van der Waals surface area contributed by atoms with Gasteiger partial charge in [0.05, 0.1) is 25.8 Å². The largest absolute Gasteiger partial charge is 0.497 e. The average Bonchev–Trinajstić information content (AvgIpc) is 2.45. The Morgan fingerprint density at radius 2 is 2.05 bits per heavy atom. The lowest BCUT2D eigenvalue weighted by Gasteiger charge is -2.28. The first-order chi connectivity index (χ1) is 9.88. The lowest BCUT2D eigenvalue weighted by molar-refractivity contribution is -0.140. The third-order valence-electron chi connectivity index (χ3n) is 3.10. The molecule has 0 heterocycles. The van der Waals surface area contributed by atoms with E-state index in [2.05, 4.69) is 6.58 Å². The molecule has 1 atom stereocenters. The van der Waals surface area contributed by atoms with Crippen molar-refractivity contribution in [3.05, 3.63) is 30.4 Å². The average molecular weight is 293 g/mol. The van der Waals surface area contributed by atoms with Crippen LogP contribution in [0.4, 0.5) is 5.69 Å². The van der Waals surface area contributed by atoms with Crippen LogP contribution in [0.15, 0.2) is 30.4 Å². The van der Waals surface area contributed by atoms with Gasteiger partial charge in [-0.15, -0.1) is 0 Å². The molecule has 0 amide bonds. The molecule has 21 heavy (non-hydrogen) atoms. The number of anilines is 1. The number of benzene rings is 1. The van der Waals surface area contributed by atoms with Crippen molar-refractivity contribution >= 4 is 11.7 Å². The highest BCUT2D eigenvalue weighted by Gasteiger charge is 2.20. The predicted molar refractivity (Wildman–Crippen MR) is 83.4 cm³/mol. The molecule has 0 saturated heterocycles. The van der Waals surface area contributed by atoms with Gasteiger partial charge >= 0.3 is 5.97 Å². The minimum absolute atomic E-state index is 0.367. The SMILES string of the molecule is C=C(C)CN(CC(C)C(=O)O)c1cc(OC)ccc1OC. The molecule has 0 spiro atoms. The first kappa shape index (κ1) is 16.9. The van der Waals surface area contributed by atoms with Crippen molar-refractivity contribution in [1.82, 2.24) is 0 Å². The standard InChI is InChI=1S/C16H23NO4/c1-11(2)9-17(10-12(3)16(18)19)14-8-13(20-4)6-7-15(14)21-5/h6-8,12H,1,9-10H2,2-5H3,(H,18,19). The van der Waals surface area contributed by atoms with E-state index in [4.69, 9.17) is 14.6 Å². The monoisotopic (exact) mass is 293 g/mol. The Morgan fingerprint density at radius 3 is 2.52 bits per heavy atom. The molecule has 5 nitrogen and oxygen atoms in total. The Balaban J connectivity index is 3.17. The summed E-state index contributed by atoms with van der Waals surface area (Å²) in [5, 5.41) is 9.13. The summed E-state index contributed by atoms with van der Waals surface area (Å²) in [6, 6.07) is 5.46. The Hall–Kier alpha value is -2.17. The number of carbonyl (C=O) groups is 1. The van der Waals surface area contributed by atoms with Crippen LogP contribution in [0, 0.1) is 5.92 Å². The van der Waals surface area contributed by atoms with Gasteiger partial charge in [0.15, 0.2) is 0 Å². The van der Waals surface area contributed by atoms with Gasteiger partial charge in [0.2, 0.25) is 0 Å². The zero-order chi connectivity index (χ0) is 16.0. The number of hydrogen-bond donors (Lipinski definition) is 1. The zero-order valence-corrected chi connectivity index (χ0v) is 13.0. The quantitative estimate of drug-likeness (QED) is 0.747. The molecule has 5 heteroatoms. The van der Waals surface area contributed by atoms with Crippen LogP contribution in [0.5, 0.6) is 11.5 Å². The molecule has 0 bridgehead atoms. The van der Waals surface area contributed by atoms with Crippen molar-refractivity contribution in [2.75, 3.05) is 32.2 Å². The smallest absolute Gasteiger partial charge is 0.308 e. The summed E-state index contributed by atoms with van der Waals surface area (Å²) < 4.78 is 10.6. The topological polar surface area (TPSA) is 59.0 Å². The fourth-order valence-corrected chi connectivity index (χ4v) is 2.03. The molecule has 1 rings (SSSR count). The van der Waals surface area contributed by atoms with Crippen LogP contribution >= 0.6 is 0 Å². The molecule has 0 aliphatic carbocycles. The maximum atomic E-state index is 11.1. The third-order valence-corrected chi connectivity index (χ3v) is 3.10. The molecule has 1 N–H and O–H groups in total. The van der Waals surface area contributed by atoms with E-state index in [0.29, 0.717) is 24.6 Å². The van der Waals surface area contributed by atoms with Gasteiger partial charge in [0, 0.05) is 19.2 Å². The molecule has 0 saturated carbocycles. The predicted octanol–water partition coefficient (Wildman–Crippen LogP) is 2.81. The van der Waals surface area contributed by atoms with E-state index in [1.54, 1.807) is 21.1 Å². The summed E-state index contributed by atoms with van der Waals surface area (Å²) in [5.74, 6) is 0.0407. The molecule has 1 aromatic carbocycles. The summed E-state index contributed by atoms with van der Waals surface area (Å²) >= 11 is 0. The lowest BCUT2D eigenvalue weighted by atomic mass is 10.1. The lowest BCUT2D eigenvalue weighted by Crippen LogP contribution is -2.33. The fraction of sp³-hybridized carbons (Fsp3) is 0.438. The molecule has 0 fully saturated rings. The van der Waals surface area contributed by atoms with Crippen LogP contribution in [0.3, 0.4) is 0 Å². The molecule has 1 aromatic rings. The molecule has 1 unspecified atom stereocenters. The van der Waals surface area contributed by atoms with Crippen LogP contribution in [-0.2, 0) is 4.79 Å². The minimum Gasteiger partial charge on any atom is -0.497 e. The van der Waals surface area contributed by atoms with Gasteiger partial charge in [-0.3, -0.25) is 4.79 Å². The van der Waals surface area contributed by atoms with Gasteiger partial charge in [-0.2, -0.15) is 0 Å². The summed E-state index contributed by atoms with van der Waals surface area (Å²) in [5.41, 5.74) is 1.74. The zero-order valence-electron chi connectivity index (χ0n) is 13.0. The van der Waals surface area contributed by atoms with Gasteiger partial charge in [-0.25, -0.2) is 0 Å². The van der Waals surface area contributed by atoms with Crippen LogP contribution < -0.4 is 14.4 Å². The second-order valence-electron chi connectivity index (χ2n) is 5.11.